The van der Waals surface area contributed by atoms with E-state index in [1.807, 2.05) is 13.1 Å². The molecule has 1 fully saturated rings. The van der Waals surface area contributed by atoms with Crippen LogP contribution in [0.5, 0.6) is 0 Å². The molecule has 2 N–H and O–H groups in total. The molecule has 3 rings (SSSR count). The van der Waals surface area contributed by atoms with Gasteiger partial charge in [0, 0.05) is 24.7 Å². The van der Waals surface area contributed by atoms with Gasteiger partial charge < -0.3 is 10.2 Å². The summed E-state index contributed by atoms with van der Waals surface area (Å²) in [6.07, 6.45) is 2.17. The second-order valence-electron chi connectivity index (χ2n) is 5.04. The fourth-order valence-electron chi connectivity index (χ4n) is 2.53. The van der Waals surface area contributed by atoms with Gasteiger partial charge in [0.05, 0.1) is 0 Å². The predicted octanol–water partition coefficient (Wildman–Crippen LogP) is 1.80. The van der Waals surface area contributed by atoms with Crippen LogP contribution in [-0.4, -0.2) is 41.4 Å². The SMILES string of the molecule is CNC1CCN(c2n[nH]c(-c3cccc(F)c3)n2)CC1. The molecule has 1 aromatic carbocycles. The first-order valence-corrected chi connectivity index (χ1v) is 6.87. The fourth-order valence-corrected chi connectivity index (χ4v) is 2.53. The lowest BCUT2D eigenvalue weighted by Crippen LogP contribution is -2.41. The third-order valence-electron chi connectivity index (χ3n) is 3.76. The Hall–Kier alpha value is -1.95. The van der Waals surface area contributed by atoms with E-state index in [0.717, 1.165) is 25.9 Å². The van der Waals surface area contributed by atoms with E-state index in [2.05, 4.69) is 25.4 Å². The number of nitrogens with one attached hydrogen (secondary N) is 2. The molecule has 1 saturated heterocycles. The fraction of sp³-hybridized carbons (Fsp3) is 0.429. The molecule has 1 aromatic heterocycles. The Balaban J connectivity index is 1.74. The third-order valence-corrected chi connectivity index (χ3v) is 3.76. The first-order valence-electron chi connectivity index (χ1n) is 6.87. The van der Waals surface area contributed by atoms with E-state index in [1.165, 1.54) is 12.1 Å². The van der Waals surface area contributed by atoms with Crippen molar-refractivity contribution in [2.45, 2.75) is 18.9 Å². The molecular weight excluding hydrogens is 257 g/mol. The molecule has 0 unspecified atom stereocenters. The Morgan fingerprint density at radius 1 is 1.35 bits per heavy atom. The maximum Gasteiger partial charge on any atom is 0.245 e. The van der Waals surface area contributed by atoms with Gasteiger partial charge in [0.25, 0.3) is 0 Å². The molecular formula is C14H18FN5. The van der Waals surface area contributed by atoms with Gasteiger partial charge in [-0.25, -0.2) is 4.39 Å². The summed E-state index contributed by atoms with van der Waals surface area (Å²) >= 11 is 0. The monoisotopic (exact) mass is 275 g/mol. The molecule has 6 heteroatoms. The zero-order chi connectivity index (χ0) is 13.9. The van der Waals surface area contributed by atoms with Gasteiger partial charge in [0.1, 0.15) is 5.82 Å². The summed E-state index contributed by atoms with van der Waals surface area (Å²) in [5.74, 6) is 1.03. The van der Waals surface area contributed by atoms with Crippen molar-refractivity contribution in [2.75, 3.05) is 25.0 Å². The topological polar surface area (TPSA) is 56.8 Å². The Kier molecular flexibility index (Phi) is 3.64. The lowest BCUT2D eigenvalue weighted by atomic mass is 10.1. The smallest absolute Gasteiger partial charge is 0.245 e. The molecule has 20 heavy (non-hydrogen) atoms. The van der Waals surface area contributed by atoms with Gasteiger partial charge in [-0.2, -0.15) is 4.98 Å². The highest BCUT2D eigenvalue weighted by Crippen LogP contribution is 2.20. The minimum absolute atomic E-state index is 0.268. The van der Waals surface area contributed by atoms with Crippen LogP contribution in [0.3, 0.4) is 0 Å². The van der Waals surface area contributed by atoms with Crippen LogP contribution in [0, 0.1) is 5.82 Å². The molecule has 5 nitrogen and oxygen atoms in total. The molecule has 106 valence electrons. The highest BCUT2D eigenvalue weighted by molar-refractivity contribution is 5.56. The summed E-state index contributed by atoms with van der Waals surface area (Å²) in [7, 11) is 2.00. The van der Waals surface area contributed by atoms with E-state index >= 15 is 0 Å². The zero-order valence-electron chi connectivity index (χ0n) is 11.4. The van der Waals surface area contributed by atoms with Crippen LogP contribution in [0.25, 0.3) is 11.4 Å². The number of hydrogen-bond acceptors (Lipinski definition) is 4. The van der Waals surface area contributed by atoms with Crippen LogP contribution < -0.4 is 10.2 Å². The number of halogens is 1. The Bertz CT molecular complexity index is 574. The number of aromatic nitrogens is 3. The number of piperidine rings is 1. The van der Waals surface area contributed by atoms with Gasteiger partial charge in [0.15, 0.2) is 5.82 Å². The molecule has 0 atom stereocenters. The van der Waals surface area contributed by atoms with Crippen molar-refractivity contribution in [1.82, 2.24) is 20.5 Å². The van der Waals surface area contributed by atoms with Crippen LogP contribution in [0.2, 0.25) is 0 Å². The molecule has 2 heterocycles. The van der Waals surface area contributed by atoms with Gasteiger partial charge in [-0.3, -0.25) is 5.10 Å². The van der Waals surface area contributed by atoms with Crippen molar-refractivity contribution in [2.24, 2.45) is 0 Å². The van der Waals surface area contributed by atoms with Crippen LogP contribution in [0.1, 0.15) is 12.8 Å². The highest BCUT2D eigenvalue weighted by Gasteiger charge is 2.20. The lowest BCUT2D eigenvalue weighted by Gasteiger charge is -2.30. The maximum atomic E-state index is 13.2. The number of hydrogen-bond donors (Lipinski definition) is 2. The third kappa shape index (κ3) is 2.65. The number of anilines is 1. The van der Waals surface area contributed by atoms with Crippen LogP contribution in [0.4, 0.5) is 10.3 Å². The average Bonchev–Trinajstić information content (AvgIpc) is 2.97. The van der Waals surface area contributed by atoms with Crippen LogP contribution >= 0.6 is 0 Å². The second-order valence-corrected chi connectivity index (χ2v) is 5.04. The number of aromatic amines is 1. The molecule has 0 amide bonds. The Morgan fingerprint density at radius 2 is 2.15 bits per heavy atom. The number of benzene rings is 1. The zero-order valence-corrected chi connectivity index (χ0v) is 11.4. The summed E-state index contributed by atoms with van der Waals surface area (Å²) in [4.78, 5) is 6.63. The quantitative estimate of drug-likeness (QED) is 0.897. The van der Waals surface area contributed by atoms with Crippen molar-refractivity contribution < 1.29 is 4.39 Å². The van der Waals surface area contributed by atoms with E-state index in [-0.39, 0.29) is 5.82 Å². The summed E-state index contributed by atoms with van der Waals surface area (Å²) in [6.45, 7) is 1.87. The van der Waals surface area contributed by atoms with Crippen LogP contribution in [-0.2, 0) is 0 Å². The summed E-state index contributed by atoms with van der Waals surface area (Å²) in [5.41, 5.74) is 0.717. The summed E-state index contributed by atoms with van der Waals surface area (Å²) in [6, 6.07) is 6.94. The van der Waals surface area contributed by atoms with Crippen LogP contribution in [0.15, 0.2) is 24.3 Å². The number of nitrogens with zero attached hydrogens (tertiary/aromatic N) is 3. The normalized spacial score (nSPS) is 16.6. The van der Waals surface area contributed by atoms with Gasteiger partial charge >= 0.3 is 0 Å². The molecule has 2 aromatic rings. The minimum Gasteiger partial charge on any atom is -0.339 e. The van der Waals surface area contributed by atoms with E-state index in [1.54, 1.807) is 6.07 Å². The summed E-state index contributed by atoms with van der Waals surface area (Å²) < 4.78 is 13.2. The maximum absolute atomic E-state index is 13.2. The number of rotatable bonds is 3. The lowest BCUT2D eigenvalue weighted by molar-refractivity contribution is 0.439. The first kappa shape index (κ1) is 13.1. The first-order chi connectivity index (χ1) is 9.76. The van der Waals surface area contributed by atoms with E-state index in [4.69, 9.17) is 0 Å². The molecule has 0 spiro atoms. The molecule has 0 bridgehead atoms. The van der Waals surface area contributed by atoms with E-state index < -0.39 is 0 Å². The van der Waals surface area contributed by atoms with E-state index in [9.17, 15) is 4.39 Å². The highest BCUT2D eigenvalue weighted by atomic mass is 19.1. The van der Waals surface area contributed by atoms with Gasteiger partial charge in [-0.1, -0.05) is 12.1 Å². The van der Waals surface area contributed by atoms with Gasteiger partial charge in [-0.05, 0) is 32.0 Å². The van der Waals surface area contributed by atoms with Crippen molar-refractivity contribution in [1.29, 1.82) is 0 Å². The predicted molar refractivity (Wildman–Crippen MR) is 76.1 cm³/mol. The van der Waals surface area contributed by atoms with Crippen molar-refractivity contribution >= 4 is 5.95 Å². The van der Waals surface area contributed by atoms with Crippen molar-refractivity contribution in [3.05, 3.63) is 30.1 Å². The van der Waals surface area contributed by atoms with Gasteiger partial charge in [-0.15, -0.1) is 5.10 Å². The Labute approximate surface area is 117 Å². The van der Waals surface area contributed by atoms with Crippen molar-refractivity contribution in [3.63, 3.8) is 0 Å². The second kappa shape index (κ2) is 5.58. The average molecular weight is 275 g/mol. The molecule has 1 aliphatic rings. The standard InChI is InChI=1S/C14H18FN5/c1-16-12-5-7-20(8-6-12)14-17-13(18-19-14)10-3-2-4-11(15)9-10/h2-4,9,12,16H,5-8H2,1H3,(H,17,18,19). The molecule has 1 aliphatic heterocycles. The molecule has 0 radical (unpaired) electrons. The number of H-pyrrole nitrogens is 1. The minimum atomic E-state index is -0.268. The van der Waals surface area contributed by atoms with E-state index in [0.29, 0.717) is 23.4 Å². The molecule has 0 aliphatic carbocycles. The largest absolute Gasteiger partial charge is 0.339 e. The van der Waals surface area contributed by atoms with Gasteiger partial charge in [0.2, 0.25) is 5.95 Å². The molecule has 0 saturated carbocycles. The summed E-state index contributed by atoms with van der Waals surface area (Å²) in [5, 5.41) is 10.4. The Morgan fingerprint density at radius 3 is 2.85 bits per heavy atom. The van der Waals surface area contributed by atoms with Crippen molar-refractivity contribution in [3.8, 4) is 11.4 Å².